The summed E-state index contributed by atoms with van der Waals surface area (Å²) in [6, 6.07) is 24.5. The number of β-amino-alcohol motifs (C(OH)–C–C–N with tert-alkyl or cyclic N) is 2. The van der Waals surface area contributed by atoms with E-state index in [0.717, 1.165) is 33.3 Å². The number of rotatable bonds is 9. The Morgan fingerprint density at radius 3 is 2.30 bits per heavy atom. The molecule has 0 radical (unpaired) electrons. The fourth-order valence-electron chi connectivity index (χ4n) is 6.02. The molecule has 5 N–H and O–H groups in total. The molecule has 6 aromatic rings. The summed E-state index contributed by atoms with van der Waals surface area (Å²) in [5.74, 6) is 1.66. The highest BCUT2D eigenvalue weighted by atomic mass is 16.5. The highest BCUT2D eigenvalue weighted by molar-refractivity contribution is 6.07. The molecule has 3 aromatic heterocycles. The van der Waals surface area contributed by atoms with Crippen molar-refractivity contribution in [1.82, 2.24) is 29.6 Å². The highest BCUT2D eigenvalue weighted by Crippen LogP contribution is 2.33. The van der Waals surface area contributed by atoms with Crippen LogP contribution in [0.15, 0.2) is 97.5 Å². The van der Waals surface area contributed by atoms with Crippen LogP contribution >= 0.6 is 0 Å². The van der Waals surface area contributed by atoms with Crippen LogP contribution in [0.4, 0.5) is 27.9 Å². The second kappa shape index (κ2) is 14.9. The Morgan fingerprint density at radius 1 is 0.852 bits per heavy atom. The second-order valence-electron chi connectivity index (χ2n) is 14.2. The molecule has 14 nitrogen and oxygen atoms in total. The molecule has 3 amide bonds. The first-order valence-corrected chi connectivity index (χ1v) is 17.5. The number of urea groups is 1. The third-order valence-electron chi connectivity index (χ3n) is 9.02. The van der Waals surface area contributed by atoms with Crippen molar-refractivity contribution in [1.29, 1.82) is 0 Å². The maximum Gasteiger partial charge on any atom is 0.324 e. The van der Waals surface area contributed by atoms with Gasteiger partial charge in [-0.15, -0.1) is 0 Å². The van der Waals surface area contributed by atoms with Crippen LogP contribution in [0.2, 0.25) is 0 Å². The Hall–Kier alpha value is -6.38. The number of carbonyl (C=O) groups excluding carboxylic acids is 2. The van der Waals surface area contributed by atoms with Gasteiger partial charge in [0.1, 0.15) is 35.5 Å². The molecule has 0 saturated carbocycles. The topological polar surface area (TPSA) is 180 Å². The van der Waals surface area contributed by atoms with Crippen LogP contribution in [0.3, 0.4) is 0 Å². The van der Waals surface area contributed by atoms with Crippen LogP contribution in [-0.4, -0.2) is 77.1 Å². The third kappa shape index (κ3) is 7.99. The van der Waals surface area contributed by atoms with Crippen LogP contribution < -0.4 is 20.7 Å². The number of nitrogens with zero attached hydrogens (tertiary/aromatic N) is 6. The first-order valence-electron chi connectivity index (χ1n) is 17.5. The van der Waals surface area contributed by atoms with Gasteiger partial charge in [0, 0.05) is 41.5 Å². The number of aryl methyl sites for hydroxylation is 1. The average molecular weight is 728 g/mol. The number of aliphatic hydroxyl groups excluding tert-OH is 2. The van der Waals surface area contributed by atoms with E-state index in [1.807, 2.05) is 85.8 Å². The summed E-state index contributed by atoms with van der Waals surface area (Å²) >= 11 is 0. The number of anilines is 4. The van der Waals surface area contributed by atoms with Gasteiger partial charge in [-0.3, -0.25) is 10.1 Å². The maximum absolute atomic E-state index is 13.5. The van der Waals surface area contributed by atoms with Crippen molar-refractivity contribution in [2.45, 2.75) is 51.9 Å². The van der Waals surface area contributed by atoms with Crippen molar-refractivity contribution in [3.63, 3.8) is 0 Å². The van der Waals surface area contributed by atoms with Gasteiger partial charge in [-0.2, -0.15) is 5.10 Å². The third-order valence-corrected chi connectivity index (χ3v) is 9.02. The second-order valence-corrected chi connectivity index (χ2v) is 14.2. The number of aliphatic hydroxyl groups is 2. The molecule has 1 saturated heterocycles. The molecule has 3 aromatic carbocycles. The standard InChI is InChI=1S/C40H41N9O5/c1-24-9-11-26(12-10-24)49-37(18-34(47-49)40(2,3)4)46-39(53)44-29-13-14-33(28-8-6-5-7-27(28)29)54-23-25-15-16-41-35(17-25)45-36-20-42-30(19-43-36)38(52)48-21-31(50)32(51)22-48/h5-20,31-32,50-51H,21-23H2,1-4H3,(H,41,43,45)(H2,44,46,53)/t31-,32-/m1/s1. The molecule has 54 heavy (non-hydrogen) atoms. The molecule has 1 fully saturated rings. The quantitative estimate of drug-likeness (QED) is 0.119. The predicted octanol–water partition coefficient (Wildman–Crippen LogP) is 5.96. The summed E-state index contributed by atoms with van der Waals surface area (Å²) in [6.07, 6.45) is 2.45. The van der Waals surface area contributed by atoms with E-state index in [4.69, 9.17) is 9.84 Å². The van der Waals surface area contributed by atoms with E-state index in [0.29, 0.717) is 28.9 Å². The van der Waals surface area contributed by atoms with Crippen LogP contribution in [0.5, 0.6) is 5.75 Å². The lowest BCUT2D eigenvalue weighted by atomic mass is 9.92. The fraction of sp³-hybridized carbons (Fsp3) is 0.250. The number of carbonyl (C=O) groups is 2. The summed E-state index contributed by atoms with van der Waals surface area (Å²) in [5.41, 5.74) is 4.16. The van der Waals surface area contributed by atoms with E-state index in [2.05, 4.69) is 51.7 Å². The zero-order valence-corrected chi connectivity index (χ0v) is 30.3. The lowest BCUT2D eigenvalue weighted by Gasteiger charge is -2.15. The molecule has 7 rings (SSSR count). The number of amides is 3. The van der Waals surface area contributed by atoms with Crippen molar-refractivity contribution < 1.29 is 24.5 Å². The van der Waals surface area contributed by atoms with Gasteiger partial charge in [-0.1, -0.05) is 62.7 Å². The van der Waals surface area contributed by atoms with Gasteiger partial charge in [0.2, 0.25) is 0 Å². The summed E-state index contributed by atoms with van der Waals surface area (Å²) in [4.78, 5) is 40.3. The lowest BCUT2D eigenvalue weighted by molar-refractivity contribution is 0.0572. The Bertz CT molecular complexity index is 2290. The molecule has 14 heteroatoms. The van der Waals surface area contributed by atoms with E-state index >= 15 is 0 Å². The molecule has 4 heterocycles. The normalized spacial score (nSPS) is 15.6. The first kappa shape index (κ1) is 36.0. The number of nitrogens with one attached hydrogen (secondary N) is 3. The van der Waals surface area contributed by atoms with Crippen molar-refractivity contribution in [2.75, 3.05) is 29.0 Å². The minimum atomic E-state index is -0.978. The summed E-state index contributed by atoms with van der Waals surface area (Å²) in [6.45, 7) is 8.58. The van der Waals surface area contributed by atoms with E-state index in [-0.39, 0.29) is 30.8 Å². The summed E-state index contributed by atoms with van der Waals surface area (Å²) < 4.78 is 8.03. The zero-order chi connectivity index (χ0) is 38.0. The molecule has 0 bridgehead atoms. The van der Waals surface area contributed by atoms with Gasteiger partial charge in [0.25, 0.3) is 5.91 Å². The van der Waals surface area contributed by atoms with Gasteiger partial charge in [0.15, 0.2) is 0 Å². The van der Waals surface area contributed by atoms with Crippen molar-refractivity contribution in [2.24, 2.45) is 0 Å². The van der Waals surface area contributed by atoms with Crippen LogP contribution in [-0.2, 0) is 12.0 Å². The predicted molar refractivity (Wildman–Crippen MR) is 205 cm³/mol. The van der Waals surface area contributed by atoms with Gasteiger partial charge in [-0.05, 0) is 48.9 Å². The Balaban J connectivity index is 1.01. The highest BCUT2D eigenvalue weighted by Gasteiger charge is 2.33. The summed E-state index contributed by atoms with van der Waals surface area (Å²) in [7, 11) is 0. The Morgan fingerprint density at radius 2 is 1.59 bits per heavy atom. The Kier molecular flexibility index (Phi) is 9.95. The van der Waals surface area contributed by atoms with Gasteiger partial charge < -0.3 is 30.5 Å². The molecular weight excluding hydrogens is 686 g/mol. The number of benzene rings is 3. The van der Waals surface area contributed by atoms with Gasteiger partial charge in [-0.25, -0.2) is 24.4 Å². The number of hydrogen-bond acceptors (Lipinski definition) is 10. The molecule has 0 aliphatic carbocycles. The number of pyridine rings is 1. The van der Waals surface area contributed by atoms with Gasteiger partial charge >= 0.3 is 6.03 Å². The molecule has 2 atom stereocenters. The molecule has 1 aliphatic rings. The number of hydrogen-bond donors (Lipinski definition) is 5. The van der Waals surface area contributed by atoms with Crippen LogP contribution in [0.1, 0.15) is 48.1 Å². The molecule has 1 aliphatic heterocycles. The monoisotopic (exact) mass is 727 g/mol. The largest absolute Gasteiger partial charge is 0.488 e. The Labute approximate surface area is 311 Å². The zero-order valence-electron chi connectivity index (χ0n) is 30.3. The number of ether oxygens (including phenoxy) is 1. The van der Waals surface area contributed by atoms with Crippen molar-refractivity contribution >= 4 is 45.9 Å². The average Bonchev–Trinajstić information content (AvgIpc) is 3.74. The van der Waals surface area contributed by atoms with E-state index < -0.39 is 24.1 Å². The van der Waals surface area contributed by atoms with Crippen LogP contribution in [0.25, 0.3) is 16.5 Å². The maximum atomic E-state index is 13.5. The van der Waals surface area contributed by atoms with Crippen LogP contribution in [0, 0.1) is 6.92 Å². The number of likely N-dealkylation sites (tertiary alicyclic amines) is 1. The molecule has 0 unspecified atom stereocenters. The fourth-order valence-corrected chi connectivity index (χ4v) is 6.02. The molecular formula is C40H41N9O5. The minimum absolute atomic E-state index is 0.0379. The lowest BCUT2D eigenvalue weighted by Crippen LogP contribution is -2.30. The minimum Gasteiger partial charge on any atom is -0.488 e. The first-order chi connectivity index (χ1) is 25.9. The molecule has 276 valence electrons. The number of aromatic nitrogens is 5. The van der Waals surface area contributed by atoms with E-state index in [1.54, 1.807) is 10.9 Å². The van der Waals surface area contributed by atoms with E-state index in [1.165, 1.54) is 17.3 Å². The van der Waals surface area contributed by atoms with Crippen molar-refractivity contribution in [3.8, 4) is 11.4 Å². The van der Waals surface area contributed by atoms with Gasteiger partial charge in [0.05, 0.1) is 41.7 Å². The SMILES string of the molecule is Cc1ccc(-n2nc(C(C)(C)C)cc2NC(=O)Nc2ccc(OCc3ccnc(Nc4cnc(C(=O)N5C[C@@H](O)[C@H](O)C5)cn4)c3)c3ccccc23)cc1. The summed E-state index contributed by atoms with van der Waals surface area (Å²) in [5, 5.41) is 35.1. The van der Waals surface area contributed by atoms with Crippen molar-refractivity contribution in [3.05, 3.63) is 120 Å². The smallest absolute Gasteiger partial charge is 0.324 e. The van der Waals surface area contributed by atoms with E-state index in [9.17, 15) is 19.8 Å². The molecule has 0 spiro atoms. The number of fused-ring (bicyclic) bond motifs is 1.